The minimum Gasteiger partial charge on any atom is -0.467 e. The summed E-state index contributed by atoms with van der Waals surface area (Å²) in [5.74, 6) is 0.384. The van der Waals surface area contributed by atoms with Gasteiger partial charge in [-0.3, -0.25) is 0 Å². The average molecular weight is 228 g/mol. The van der Waals surface area contributed by atoms with Gasteiger partial charge in [-0.15, -0.1) is 0 Å². The van der Waals surface area contributed by atoms with Crippen LogP contribution in [-0.2, 0) is 14.3 Å². The molecule has 1 fully saturated rings. The van der Waals surface area contributed by atoms with Gasteiger partial charge in [-0.05, 0) is 37.5 Å². The summed E-state index contributed by atoms with van der Waals surface area (Å²) in [6, 6.07) is 0. The Balaban J connectivity index is 2.51. The lowest BCUT2D eigenvalue weighted by molar-refractivity contribution is -0.160. The van der Waals surface area contributed by atoms with E-state index in [0.717, 1.165) is 12.8 Å². The molecule has 0 spiro atoms. The van der Waals surface area contributed by atoms with E-state index in [-0.39, 0.29) is 12.1 Å². The molecule has 0 aromatic heterocycles. The van der Waals surface area contributed by atoms with E-state index < -0.39 is 6.10 Å². The topological polar surface area (TPSA) is 35.5 Å². The summed E-state index contributed by atoms with van der Waals surface area (Å²) >= 11 is 0. The highest BCUT2D eigenvalue weighted by atomic mass is 16.6. The fourth-order valence-electron chi connectivity index (χ4n) is 2.87. The molecule has 3 nitrogen and oxygen atoms in total. The maximum Gasteiger partial charge on any atom is 0.334 e. The van der Waals surface area contributed by atoms with Crippen LogP contribution in [0.5, 0.6) is 0 Å². The van der Waals surface area contributed by atoms with Crippen molar-refractivity contribution in [2.75, 3.05) is 7.11 Å². The highest BCUT2D eigenvalue weighted by molar-refractivity contribution is 5.73. The summed E-state index contributed by atoms with van der Waals surface area (Å²) in [7, 11) is 1.40. The van der Waals surface area contributed by atoms with E-state index in [4.69, 9.17) is 4.74 Å². The fourth-order valence-corrected chi connectivity index (χ4v) is 2.87. The molecule has 0 aromatic rings. The van der Waals surface area contributed by atoms with Gasteiger partial charge in [0.25, 0.3) is 0 Å². The molecular weight excluding hydrogens is 204 g/mol. The lowest BCUT2D eigenvalue weighted by Crippen LogP contribution is -2.36. The number of methoxy groups -OCH3 is 1. The first-order chi connectivity index (χ1) is 7.34. The van der Waals surface area contributed by atoms with Crippen molar-refractivity contribution in [3.05, 3.63) is 0 Å². The van der Waals surface area contributed by atoms with E-state index in [1.165, 1.54) is 13.5 Å². The molecule has 3 heteroatoms. The van der Waals surface area contributed by atoms with Crippen molar-refractivity contribution < 1.29 is 14.3 Å². The smallest absolute Gasteiger partial charge is 0.334 e. The summed E-state index contributed by atoms with van der Waals surface area (Å²) in [6.45, 7) is 8.54. The van der Waals surface area contributed by atoms with Crippen LogP contribution in [-0.4, -0.2) is 25.3 Å². The van der Waals surface area contributed by atoms with Crippen molar-refractivity contribution >= 4 is 5.97 Å². The van der Waals surface area contributed by atoms with E-state index in [9.17, 15) is 4.79 Å². The monoisotopic (exact) mass is 228 g/mol. The third kappa shape index (κ3) is 3.78. The van der Waals surface area contributed by atoms with E-state index in [0.29, 0.717) is 11.3 Å². The Morgan fingerprint density at radius 1 is 1.38 bits per heavy atom. The fraction of sp³-hybridized carbons (Fsp3) is 0.923. The Morgan fingerprint density at radius 2 is 2.00 bits per heavy atom. The summed E-state index contributed by atoms with van der Waals surface area (Å²) in [5, 5.41) is 0. The molecule has 1 aliphatic carbocycles. The summed E-state index contributed by atoms with van der Waals surface area (Å²) in [4.78, 5) is 11.3. The Bertz CT molecular complexity index is 248. The number of carbonyl (C=O) groups excluding carboxylic acids is 1. The van der Waals surface area contributed by atoms with Gasteiger partial charge in [-0.1, -0.05) is 20.8 Å². The van der Waals surface area contributed by atoms with Crippen LogP contribution in [0, 0.1) is 11.3 Å². The van der Waals surface area contributed by atoms with E-state index in [1.807, 2.05) is 0 Å². The van der Waals surface area contributed by atoms with Crippen LogP contribution in [0.15, 0.2) is 0 Å². The van der Waals surface area contributed by atoms with E-state index in [2.05, 4.69) is 25.5 Å². The molecule has 2 unspecified atom stereocenters. The lowest BCUT2D eigenvalue weighted by Gasteiger charge is -2.39. The van der Waals surface area contributed by atoms with Gasteiger partial charge in [0.1, 0.15) is 0 Å². The van der Waals surface area contributed by atoms with Gasteiger partial charge in [-0.25, -0.2) is 4.79 Å². The van der Waals surface area contributed by atoms with Crippen LogP contribution in [0.4, 0.5) is 0 Å². The van der Waals surface area contributed by atoms with Gasteiger partial charge < -0.3 is 9.47 Å². The number of esters is 1. The molecule has 1 aliphatic rings. The van der Waals surface area contributed by atoms with Crippen molar-refractivity contribution in [2.24, 2.45) is 11.3 Å². The Morgan fingerprint density at radius 3 is 2.50 bits per heavy atom. The Kier molecular flexibility index (Phi) is 4.36. The largest absolute Gasteiger partial charge is 0.467 e. The highest BCUT2D eigenvalue weighted by Gasteiger charge is 2.34. The standard InChI is InChI=1S/C13H24O3/c1-9-6-11(8-13(3,4)7-9)16-10(2)12(14)15-5/h9-11H,6-8H2,1-5H3/t9?,10-,11?/m0/s1. The SMILES string of the molecule is COC(=O)[C@H](C)OC1CC(C)CC(C)(C)C1. The molecule has 0 bridgehead atoms. The normalized spacial score (nSPS) is 30.8. The molecule has 16 heavy (non-hydrogen) atoms. The molecule has 1 rings (SSSR count). The summed E-state index contributed by atoms with van der Waals surface area (Å²) in [6.07, 6.45) is 3.05. The molecule has 1 saturated carbocycles. The molecule has 0 amide bonds. The van der Waals surface area contributed by atoms with Crippen LogP contribution in [0.2, 0.25) is 0 Å². The molecule has 0 N–H and O–H groups in total. The molecule has 0 radical (unpaired) electrons. The van der Waals surface area contributed by atoms with Crippen molar-refractivity contribution in [2.45, 2.75) is 59.2 Å². The molecule has 0 saturated heterocycles. The number of rotatable bonds is 3. The van der Waals surface area contributed by atoms with Crippen molar-refractivity contribution in [3.63, 3.8) is 0 Å². The first-order valence-electron chi connectivity index (χ1n) is 6.07. The predicted octanol–water partition coefficient (Wildman–Crippen LogP) is 2.78. The Labute approximate surface area is 98.5 Å². The maximum atomic E-state index is 11.3. The van der Waals surface area contributed by atoms with Gasteiger partial charge in [0.05, 0.1) is 13.2 Å². The maximum absolute atomic E-state index is 11.3. The van der Waals surface area contributed by atoms with Gasteiger partial charge in [0, 0.05) is 0 Å². The average Bonchev–Trinajstić information content (AvgIpc) is 2.12. The summed E-state index contributed by atoms with van der Waals surface area (Å²) in [5.41, 5.74) is 0.318. The third-order valence-electron chi connectivity index (χ3n) is 3.28. The zero-order valence-corrected chi connectivity index (χ0v) is 11.1. The Hall–Kier alpha value is -0.570. The molecule has 0 heterocycles. The van der Waals surface area contributed by atoms with Crippen LogP contribution in [0.3, 0.4) is 0 Å². The third-order valence-corrected chi connectivity index (χ3v) is 3.28. The van der Waals surface area contributed by atoms with Gasteiger partial charge in [-0.2, -0.15) is 0 Å². The molecule has 3 atom stereocenters. The minimum absolute atomic E-state index is 0.188. The lowest BCUT2D eigenvalue weighted by atomic mass is 9.71. The summed E-state index contributed by atoms with van der Waals surface area (Å²) < 4.78 is 10.4. The van der Waals surface area contributed by atoms with E-state index in [1.54, 1.807) is 6.92 Å². The molecule has 94 valence electrons. The highest BCUT2D eigenvalue weighted by Crippen LogP contribution is 2.39. The van der Waals surface area contributed by atoms with Crippen LogP contribution >= 0.6 is 0 Å². The second-order valence-corrected chi connectivity index (χ2v) is 5.84. The van der Waals surface area contributed by atoms with Gasteiger partial charge in [0.2, 0.25) is 0 Å². The van der Waals surface area contributed by atoms with Crippen LogP contribution in [0.25, 0.3) is 0 Å². The molecule has 0 aromatic carbocycles. The van der Waals surface area contributed by atoms with Crippen molar-refractivity contribution in [1.82, 2.24) is 0 Å². The first kappa shape index (κ1) is 13.5. The van der Waals surface area contributed by atoms with Gasteiger partial charge >= 0.3 is 5.97 Å². The second kappa shape index (κ2) is 5.17. The number of carbonyl (C=O) groups is 1. The number of ether oxygens (including phenoxy) is 2. The van der Waals surface area contributed by atoms with E-state index >= 15 is 0 Å². The minimum atomic E-state index is -0.448. The zero-order chi connectivity index (χ0) is 12.3. The predicted molar refractivity (Wildman–Crippen MR) is 63.1 cm³/mol. The zero-order valence-electron chi connectivity index (χ0n) is 11.1. The number of hydrogen-bond acceptors (Lipinski definition) is 3. The van der Waals surface area contributed by atoms with Crippen LogP contribution < -0.4 is 0 Å². The van der Waals surface area contributed by atoms with Crippen molar-refractivity contribution in [3.8, 4) is 0 Å². The molecular formula is C13H24O3. The van der Waals surface area contributed by atoms with Crippen molar-refractivity contribution in [1.29, 1.82) is 0 Å². The second-order valence-electron chi connectivity index (χ2n) is 5.84. The quantitative estimate of drug-likeness (QED) is 0.697. The molecule has 0 aliphatic heterocycles. The first-order valence-corrected chi connectivity index (χ1v) is 6.07. The van der Waals surface area contributed by atoms with Gasteiger partial charge in [0.15, 0.2) is 6.10 Å². The number of hydrogen-bond donors (Lipinski definition) is 0. The van der Waals surface area contributed by atoms with Crippen LogP contribution in [0.1, 0.15) is 47.0 Å².